The Labute approximate surface area is 223 Å². The summed E-state index contributed by atoms with van der Waals surface area (Å²) in [6, 6.07) is 15.0. The van der Waals surface area contributed by atoms with Gasteiger partial charge in [-0.2, -0.15) is 0 Å². The van der Waals surface area contributed by atoms with Crippen LogP contribution in [0.2, 0.25) is 0 Å². The molecule has 4 amide bonds. The van der Waals surface area contributed by atoms with Crippen LogP contribution in [-0.2, 0) is 24.5 Å². The third-order valence-corrected chi connectivity index (χ3v) is 6.77. The molecular weight excluding hydrogens is 506 g/mol. The summed E-state index contributed by atoms with van der Waals surface area (Å²) in [5, 5.41) is 7.94. The lowest BCUT2D eigenvalue weighted by molar-refractivity contribution is -0.121. The van der Waals surface area contributed by atoms with Crippen molar-refractivity contribution >= 4 is 23.5 Å². The van der Waals surface area contributed by atoms with Crippen LogP contribution < -0.4 is 20.7 Å². The van der Waals surface area contributed by atoms with Crippen LogP contribution >= 0.6 is 0 Å². The van der Waals surface area contributed by atoms with Crippen LogP contribution in [0.3, 0.4) is 0 Å². The minimum absolute atomic E-state index is 0.0604. The van der Waals surface area contributed by atoms with E-state index in [4.69, 9.17) is 4.74 Å². The van der Waals surface area contributed by atoms with Gasteiger partial charge in [0, 0.05) is 46.6 Å². The number of carbonyl (C=O) groups excluding carboxylic acids is 3. The maximum Gasteiger partial charge on any atom is 0.319 e. The Balaban J connectivity index is 1.15. The maximum absolute atomic E-state index is 15.3. The van der Waals surface area contributed by atoms with E-state index in [2.05, 4.69) is 22.5 Å². The molecule has 1 unspecified atom stereocenters. The van der Waals surface area contributed by atoms with Crippen molar-refractivity contribution in [3.63, 3.8) is 0 Å². The Morgan fingerprint density at radius 2 is 1.82 bits per heavy atom. The summed E-state index contributed by atoms with van der Waals surface area (Å²) in [6.07, 6.45) is 0.694. The van der Waals surface area contributed by atoms with Crippen LogP contribution in [0, 0.1) is 11.6 Å². The number of rotatable bonds is 7. The first-order valence-electron chi connectivity index (χ1n) is 12.4. The summed E-state index contributed by atoms with van der Waals surface area (Å²) in [5.41, 5.74) is 2.12. The normalized spacial score (nSPS) is 16.5. The second kappa shape index (κ2) is 10.9. The fourth-order valence-electron chi connectivity index (χ4n) is 4.68. The number of piperidine rings is 1. The third-order valence-electron chi connectivity index (χ3n) is 6.77. The number of hydrogen-bond donors (Lipinski definition) is 3. The zero-order chi connectivity index (χ0) is 27.5. The zero-order valence-electron chi connectivity index (χ0n) is 20.9. The molecule has 200 valence electrons. The third kappa shape index (κ3) is 5.59. The number of nitrogens with zero attached hydrogens (tertiary/aromatic N) is 1. The van der Waals surface area contributed by atoms with E-state index >= 15 is 4.39 Å². The minimum Gasteiger partial charge on any atom is -0.489 e. The number of carbonyl (C=O) groups is 3. The van der Waals surface area contributed by atoms with Gasteiger partial charge in [-0.1, -0.05) is 30.8 Å². The average Bonchev–Trinajstić information content (AvgIpc) is 3.25. The van der Waals surface area contributed by atoms with E-state index in [1.165, 1.54) is 17.0 Å². The summed E-state index contributed by atoms with van der Waals surface area (Å²) in [7, 11) is 0. The minimum atomic E-state index is -0.550. The van der Waals surface area contributed by atoms with Gasteiger partial charge in [-0.15, -0.1) is 0 Å². The Kier molecular flexibility index (Phi) is 7.27. The fraction of sp³-hybridized carbons (Fsp3) is 0.207. The van der Waals surface area contributed by atoms with E-state index in [0.717, 1.165) is 0 Å². The summed E-state index contributed by atoms with van der Waals surface area (Å²) in [5.74, 6) is -0.856. The summed E-state index contributed by atoms with van der Waals surface area (Å²) in [4.78, 5) is 38.4. The maximum atomic E-state index is 15.3. The van der Waals surface area contributed by atoms with E-state index in [0.29, 0.717) is 29.1 Å². The van der Waals surface area contributed by atoms with Gasteiger partial charge in [0.05, 0.1) is 12.6 Å². The van der Waals surface area contributed by atoms with Crippen molar-refractivity contribution in [2.45, 2.75) is 38.6 Å². The van der Waals surface area contributed by atoms with Gasteiger partial charge >= 0.3 is 6.03 Å². The molecule has 1 saturated heterocycles. The number of ether oxygens (including phenoxy) is 1. The molecule has 8 nitrogen and oxygen atoms in total. The Bertz CT molecular complexity index is 1460. The highest BCUT2D eigenvalue weighted by molar-refractivity contribution is 5.99. The number of urea groups is 1. The topological polar surface area (TPSA) is 99.8 Å². The van der Waals surface area contributed by atoms with Gasteiger partial charge in [0.15, 0.2) is 0 Å². The van der Waals surface area contributed by atoms with Crippen LogP contribution in [0.15, 0.2) is 72.9 Å². The molecule has 2 aliphatic heterocycles. The molecule has 0 aliphatic carbocycles. The lowest BCUT2D eigenvalue weighted by Gasteiger charge is -2.32. The molecule has 0 saturated carbocycles. The van der Waals surface area contributed by atoms with Crippen LogP contribution in [0.5, 0.6) is 5.75 Å². The van der Waals surface area contributed by atoms with Gasteiger partial charge < -0.3 is 25.6 Å². The highest BCUT2D eigenvalue weighted by atomic mass is 19.1. The molecule has 0 spiro atoms. The van der Waals surface area contributed by atoms with E-state index in [-0.39, 0.29) is 60.4 Å². The number of nitrogens with one attached hydrogen (secondary N) is 3. The van der Waals surface area contributed by atoms with Gasteiger partial charge in [0.1, 0.15) is 24.0 Å². The number of fused-ring (bicyclic) bond motifs is 1. The first-order valence-corrected chi connectivity index (χ1v) is 12.4. The predicted molar refractivity (Wildman–Crippen MR) is 140 cm³/mol. The number of anilines is 1. The smallest absolute Gasteiger partial charge is 0.319 e. The Hall–Kier alpha value is -4.73. The Morgan fingerprint density at radius 3 is 2.56 bits per heavy atom. The highest BCUT2D eigenvalue weighted by Gasteiger charge is 2.38. The number of halogens is 2. The van der Waals surface area contributed by atoms with E-state index < -0.39 is 17.9 Å². The molecule has 3 aromatic carbocycles. The fourth-order valence-corrected chi connectivity index (χ4v) is 4.68. The van der Waals surface area contributed by atoms with Gasteiger partial charge in [0.2, 0.25) is 5.91 Å². The second-order valence-electron chi connectivity index (χ2n) is 9.34. The van der Waals surface area contributed by atoms with Crippen LogP contribution in [-0.4, -0.2) is 28.8 Å². The molecule has 3 N–H and O–H groups in total. The van der Waals surface area contributed by atoms with E-state index in [9.17, 15) is 18.8 Å². The molecule has 0 aromatic heterocycles. The molecule has 2 heterocycles. The van der Waals surface area contributed by atoms with Crippen molar-refractivity contribution in [3.05, 3.63) is 107 Å². The van der Waals surface area contributed by atoms with Gasteiger partial charge in [0.25, 0.3) is 5.91 Å². The van der Waals surface area contributed by atoms with Crippen molar-refractivity contribution in [2.75, 3.05) is 5.32 Å². The van der Waals surface area contributed by atoms with Crippen molar-refractivity contribution in [2.24, 2.45) is 0 Å². The summed E-state index contributed by atoms with van der Waals surface area (Å²) >= 11 is 0. The highest BCUT2D eigenvalue weighted by Crippen LogP contribution is 2.32. The summed E-state index contributed by atoms with van der Waals surface area (Å²) in [6.45, 7) is 3.89. The molecule has 5 rings (SSSR count). The molecule has 2 aliphatic rings. The molecule has 10 heteroatoms. The summed E-state index contributed by atoms with van der Waals surface area (Å²) < 4.78 is 34.6. The molecule has 39 heavy (non-hydrogen) atoms. The molecule has 0 bridgehead atoms. The van der Waals surface area contributed by atoms with Crippen LogP contribution in [0.1, 0.15) is 39.9 Å². The standard InChI is InChI=1S/C29H26F2N4O4/c1-17-25(12-13-26(36)33-17)35-15-23-22(28(35)37)11-6-18(27(23)31)14-32-29(38)34-20-7-9-21(10-8-20)39-16-19-4-2-3-5-24(19)30/h2-11,25H,1,12-16H2,(H,33,36)(H2,32,34,38). The molecular formula is C29H26F2N4O4. The van der Waals surface area contributed by atoms with Gasteiger partial charge in [-0.25, -0.2) is 13.6 Å². The Morgan fingerprint density at radius 1 is 1.05 bits per heavy atom. The quantitative estimate of drug-likeness (QED) is 0.414. The number of benzene rings is 3. The monoisotopic (exact) mass is 532 g/mol. The van der Waals surface area contributed by atoms with Crippen LogP contribution in [0.4, 0.5) is 19.3 Å². The lowest BCUT2D eigenvalue weighted by Crippen LogP contribution is -2.45. The number of amides is 4. The van der Waals surface area contributed by atoms with Gasteiger partial charge in [-0.05, 0) is 42.8 Å². The van der Waals surface area contributed by atoms with Crippen molar-refractivity contribution in [1.29, 1.82) is 0 Å². The van der Waals surface area contributed by atoms with E-state index in [1.54, 1.807) is 48.5 Å². The lowest BCUT2D eigenvalue weighted by atomic mass is 10.0. The van der Waals surface area contributed by atoms with Crippen molar-refractivity contribution < 1.29 is 27.9 Å². The predicted octanol–water partition coefficient (Wildman–Crippen LogP) is 4.61. The zero-order valence-corrected chi connectivity index (χ0v) is 20.9. The first-order chi connectivity index (χ1) is 18.8. The average molecular weight is 533 g/mol. The largest absolute Gasteiger partial charge is 0.489 e. The number of hydrogen-bond acceptors (Lipinski definition) is 4. The SMILES string of the molecule is C=C1NC(=O)CCC1N1Cc2c(ccc(CNC(=O)Nc3ccc(OCc4ccccc4F)cc3)c2F)C1=O. The van der Waals surface area contributed by atoms with Crippen LogP contribution in [0.25, 0.3) is 0 Å². The van der Waals surface area contributed by atoms with Crippen molar-refractivity contribution in [3.8, 4) is 5.75 Å². The first kappa shape index (κ1) is 25.9. The molecule has 1 atom stereocenters. The van der Waals surface area contributed by atoms with Gasteiger partial charge in [-0.3, -0.25) is 9.59 Å². The van der Waals surface area contributed by atoms with E-state index in [1.807, 2.05) is 0 Å². The molecule has 0 radical (unpaired) electrons. The molecule has 1 fully saturated rings. The second-order valence-corrected chi connectivity index (χ2v) is 9.34. The molecule has 3 aromatic rings. The van der Waals surface area contributed by atoms with Crippen molar-refractivity contribution in [1.82, 2.24) is 15.5 Å².